The highest BCUT2D eigenvalue weighted by atomic mass is 16.6. The van der Waals surface area contributed by atoms with Crippen molar-refractivity contribution in [3.05, 3.63) is 27.8 Å². The number of nitro benzene ring substituents is 1. The maximum absolute atomic E-state index is 10.9. The quantitative estimate of drug-likeness (QED) is 0.634. The van der Waals surface area contributed by atoms with Crippen molar-refractivity contribution >= 4 is 5.69 Å². The molecule has 0 amide bonds. The maximum Gasteiger partial charge on any atom is 0.276 e. The van der Waals surface area contributed by atoms with Crippen LogP contribution in [0.15, 0.2) is 12.1 Å². The van der Waals surface area contributed by atoms with E-state index in [1.807, 2.05) is 6.92 Å². The Morgan fingerprint density at radius 3 is 2.94 bits per heavy atom. The summed E-state index contributed by atoms with van der Waals surface area (Å²) in [5, 5.41) is 19.9. The standard InChI is InChI=1S/C11H13NO5/c1-2-8-9(12(14)15)3-4-10-11(8)17-7(5-13)6-16-10/h3-4,7,13H,2,5-6H2,1H3/t7-/m0/s1. The largest absolute Gasteiger partial charge is 0.486 e. The number of aliphatic hydroxyl groups excluding tert-OH is 1. The third kappa shape index (κ3) is 2.03. The van der Waals surface area contributed by atoms with E-state index < -0.39 is 11.0 Å². The lowest BCUT2D eigenvalue weighted by Crippen LogP contribution is -2.32. The van der Waals surface area contributed by atoms with Crippen molar-refractivity contribution in [3.8, 4) is 11.5 Å². The van der Waals surface area contributed by atoms with E-state index in [1.165, 1.54) is 12.1 Å². The molecule has 1 aliphatic heterocycles. The first-order chi connectivity index (χ1) is 8.17. The number of aliphatic hydroxyl groups is 1. The Kier molecular flexibility index (Phi) is 3.14. The van der Waals surface area contributed by atoms with Crippen LogP contribution in [0.2, 0.25) is 0 Å². The molecule has 0 aliphatic carbocycles. The van der Waals surface area contributed by atoms with Gasteiger partial charge in [-0.3, -0.25) is 10.1 Å². The highest BCUT2D eigenvalue weighted by Gasteiger charge is 2.27. The van der Waals surface area contributed by atoms with Crippen LogP contribution in [0.3, 0.4) is 0 Å². The first-order valence-electron chi connectivity index (χ1n) is 5.38. The van der Waals surface area contributed by atoms with Crippen molar-refractivity contribution in [2.24, 2.45) is 0 Å². The third-order valence-electron chi connectivity index (χ3n) is 2.66. The fourth-order valence-corrected chi connectivity index (χ4v) is 1.82. The second-order valence-electron chi connectivity index (χ2n) is 3.73. The summed E-state index contributed by atoms with van der Waals surface area (Å²) in [5.74, 6) is 0.879. The Bertz CT molecular complexity index is 446. The molecule has 1 heterocycles. The third-order valence-corrected chi connectivity index (χ3v) is 2.66. The lowest BCUT2D eigenvalue weighted by molar-refractivity contribution is -0.385. The molecule has 1 N–H and O–H groups in total. The zero-order chi connectivity index (χ0) is 12.4. The van der Waals surface area contributed by atoms with Crippen molar-refractivity contribution in [1.29, 1.82) is 0 Å². The summed E-state index contributed by atoms with van der Waals surface area (Å²) < 4.78 is 10.9. The zero-order valence-corrected chi connectivity index (χ0v) is 9.38. The predicted molar refractivity (Wildman–Crippen MR) is 59.5 cm³/mol. The van der Waals surface area contributed by atoms with Crippen LogP contribution in [-0.2, 0) is 6.42 Å². The smallest absolute Gasteiger partial charge is 0.276 e. The predicted octanol–water partition coefficient (Wildman–Crippen LogP) is 1.29. The Morgan fingerprint density at radius 1 is 1.59 bits per heavy atom. The number of ether oxygens (including phenoxy) is 2. The second-order valence-corrected chi connectivity index (χ2v) is 3.73. The molecule has 0 fully saturated rings. The van der Waals surface area contributed by atoms with Crippen molar-refractivity contribution in [2.75, 3.05) is 13.2 Å². The van der Waals surface area contributed by atoms with Gasteiger partial charge in [-0.15, -0.1) is 0 Å². The Labute approximate surface area is 97.9 Å². The molecule has 92 valence electrons. The lowest BCUT2D eigenvalue weighted by atomic mass is 10.1. The van der Waals surface area contributed by atoms with Crippen LogP contribution in [0.5, 0.6) is 11.5 Å². The Balaban J connectivity index is 2.48. The van der Waals surface area contributed by atoms with Crippen LogP contribution >= 0.6 is 0 Å². The lowest BCUT2D eigenvalue weighted by Gasteiger charge is -2.26. The number of hydrogen-bond acceptors (Lipinski definition) is 5. The first kappa shape index (κ1) is 11.7. The van der Waals surface area contributed by atoms with Crippen molar-refractivity contribution in [2.45, 2.75) is 19.4 Å². The zero-order valence-electron chi connectivity index (χ0n) is 9.38. The Hall–Kier alpha value is -1.82. The van der Waals surface area contributed by atoms with Gasteiger partial charge in [0.15, 0.2) is 17.6 Å². The molecule has 0 saturated carbocycles. The average Bonchev–Trinajstić information content (AvgIpc) is 2.36. The number of nitrogens with zero attached hydrogens (tertiary/aromatic N) is 1. The highest BCUT2D eigenvalue weighted by molar-refractivity contribution is 5.57. The molecule has 6 nitrogen and oxygen atoms in total. The molecule has 0 saturated heterocycles. The van der Waals surface area contributed by atoms with Crippen LogP contribution in [0.1, 0.15) is 12.5 Å². The molecule has 0 unspecified atom stereocenters. The number of hydrogen-bond donors (Lipinski definition) is 1. The Morgan fingerprint density at radius 2 is 2.35 bits per heavy atom. The van der Waals surface area contributed by atoms with Gasteiger partial charge in [0.25, 0.3) is 5.69 Å². The van der Waals surface area contributed by atoms with Gasteiger partial charge in [0.05, 0.1) is 17.1 Å². The van der Waals surface area contributed by atoms with E-state index in [0.717, 1.165) is 0 Å². The molecule has 0 spiro atoms. The van der Waals surface area contributed by atoms with Gasteiger partial charge in [0, 0.05) is 6.07 Å². The summed E-state index contributed by atoms with van der Waals surface area (Å²) in [5.41, 5.74) is 0.527. The van der Waals surface area contributed by atoms with E-state index in [4.69, 9.17) is 14.6 Å². The van der Waals surface area contributed by atoms with E-state index in [2.05, 4.69) is 0 Å². The van der Waals surface area contributed by atoms with Gasteiger partial charge in [0.2, 0.25) is 0 Å². The van der Waals surface area contributed by atoms with Gasteiger partial charge < -0.3 is 14.6 Å². The summed E-state index contributed by atoms with van der Waals surface area (Å²) >= 11 is 0. The molecule has 1 aliphatic rings. The number of fused-ring (bicyclic) bond motifs is 1. The monoisotopic (exact) mass is 239 g/mol. The van der Waals surface area contributed by atoms with Crippen molar-refractivity contribution in [1.82, 2.24) is 0 Å². The fourth-order valence-electron chi connectivity index (χ4n) is 1.82. The van der Waals surface area contributed by atoms with Crippen LogP contribution in [0.4, 0.5) is 5.69 Å². The van der Waals surface area contributed by atoms with Crippen molar-refractivity contribution < 1.29 is 19.5 Å². The molecule has 2 rings (SSSR count). The number of rotatable bonds is 3. The minimum Gasteiger partial charge on any atom is -0.486 e. The number of nitro groups is 1. The number of benzene rings is 1. The van der Waals surface area contributed by atoms with Crippen LogP contribution in [0.25, 0.3) is 0 Å². The van der Waals surface area contributed by atoms with E-state index in [-0.39, 0.29) is 18.9 Å². The first-order valence-corrected chi connectivity index (χ1v) is 5.38. The molecule has 1 atom stereocenters. The summed E-state index contributed by atoms with van der Waals surface area (Å²) in [6, 6.07) is 2.94. The molecular formula is C11H13NO5. The average molecular weight is 239 g/mol. The minimum absolute atomic E-state index is 0.0217. The SMILES string of the molecule is CCc1c([N+](=O)[O-])ccc2c1O[C@@H](CO)CO2. The highest BCUT2D eigenvalue weighted by Crippen LogP contribution is 2.40. The minimum atomic E-state index is -0.463. The van der Waals surface area contributed by atoms with Gasteiger partial charge >= 0.3 is 0 Å². The van der Waals surface area contributed by atoms with Crippen molar-refractivity contribution in [3.63, 3.8) is 0 Å². The van der Waals surface area contributed by atoms with E-state index in [9.17, 15) is 10.1 Å². The molecule has 0 bridgehead atoms. The van der Waals surface area contributed by atoms with Crippen LogP contribution in [-0.4, -0.2) is 29.3 Å². The topological polar surface area (TPSA) is 81.8 Å². The molecular weight excluding hydrogens is 226 g/mol. The molecule has 1 aromatic rings. The molecule has 6 heteroatoms. The van der Waals surface area contributed by atoms with Crippen LogP contribution in [0, 0.1) is 10.1 Å². The maximum atomic E-state index is 10.9. The van der Waals surface area contributed by atoms with Gasteiger partial charge in [-0.05, 0) is 12.5 Å². The second kappa shape index (κ2) is 4.58. The van der Waals surface area contributed by atoms with E-state index >= 15 is 0 Å². The summed E-state index contributed by atoms with van der Waals surface area (Å²) in [6.45, 7) is 1.89. The molecule has 17 heavy (non-hydrogen) atoms. The summed E-state index contributed by atoms with van der Waals surface area (Å²) in [7, 11) is 0. The van der Waals surface area contributed by atoms with Crippen LogP contribution < -0.4 is 9.47 Å². The normalized spacial score (nSPS) is 17.9. The van der Waals surface area contributed by atoms with Gasteiger partial charge in [-0.1, -0.05) is 6.92 Å². The van der Waals surface area contributed by atoms with E-state index in [0.29, 0.717) is 23.5 Å². The van der Waals surface area contributed by atoms with E-state index in [1.54, 1.807) is 0 Å². The summed E-state index contributed by atoms with van der Waals surface area (Å²) in [6.07, 6.45) is 0.0101. The molecule has 1 aromatic carbocycles. The van der Waals surface area contributed by atoms with Gasteiger partial charge in [-0.25, -0.2) is 0 Å². The molecule has 0 radical (unpaired) electrons. The fraction of sp³-hybridized carbons (Fsp3) is 0.455. The van der Waals surface area contributed by atoms with Gasteiger partial charge in [-0.2, -0.15) is 0 Å². The van der Waals surface area contributed by atoms with Gasteiger partial charge in [0.1, 0.15) is 6.61 Å². The summed E-state index contributed by atoms with van der Waals surface area (Å²) in [4.78, 5) is 10.4. The molecule has 0 aromatic heterocycles.